The first-order valence-electron chi connectivity index (χ1n) is 3.74. The van der Waals surface area contributed by atoms with Crippen molar-refractivity contribution in [1.82, 2.24) is 0 Å². The fraction of sp³-hybridized carbons (Fsp3) is 0.222. The van der Waals surface area contributed by atoms with Crippen LogP contribution < -0.4 is 0 Å². The highest BCUT2D eigenvalue weighted by Gasteiger charge is 2.34. The molecule has 1 aromatic carbocycles. The fourth-order valence-electron chi connectivity index (χ4n) is 0.933. The van der Waals surface area contributed by atoms with E-state index in [9.17, 15) is 13.6 Å². The quantitative estimate of drug-likeness (QED) is 0.739. The van der Waals surface area contributed by atoms with Crippen LogP contribution >= 0.6 is 23.2 Å². The van der Waals surface area contributed by atoms with E-state index in [0.717, 1.165) is 0 Å². The Kier molecular flexibility index (Phi) is 3.45. The van der Waals surface area contributed by atoms with Gasteiger partial charge in [0.05, 0.1) is 0 Å². The maximum Gasteiger partial charge on any atom is 0.380 e. The van der Waals surface area contributed by atoms with E-state index in [-0.39, 0.29) is 0 Å². The van der Waals surface area contributed by atoms with Crippen LogP contribution in [-0.2, 0) is 11.2 Å². The zero-order valence-electron chi connectivity index (χ0n) is 6.94. The van der Waals surface area contributed by atoms with Crippen molar-refractivity contribution in [2.75, 3.05) is 0 Å². The molecule has 1 rings (SSSR count). The van der Waals surface area contributed by atoms with Crippen molar-refractivity contribution in [3.8, 4) is 0 Å². The molecular weight excluding hydrogens is 233 g/mol. The van der Waals surface area contributed by atoms with Crippen LogP contribution in [0.5, 0.6) is 0 Å². The predicted octanol–water partition coefficient (Wildman–Crippen LogP) is 3.28. The van der Waals surface area contributed by atoms with Gasteiger partial charge in [0.1, 0.15) is 0 Å². The van der Waals surface area contributed by atoms with Crippen LogP contribution in [0, 0.1) is 0 Å². The largest absolute Gasteiger partial charge is 0.380 e. The lowest BCUT2D eigenvalue weighted by atomic mass is 10.1. The van der Waals surface area contributed by atoms with Crippen LogP contribution in [0.25, 0.3) is 0 Å². The molecule has 0 atom stereocenters. The number of hydrogen-bond donors (Lipinski definition) is 0. The van der Waals surface area contributed by atoms with Crippen LogP contribution in [0.1, 0.15) is 5.56 Å². The molecule has 0 fully saturated rings. The van der Waals surface area contributed by atoms with Gasteiger partial charge in [-0.3, -0.25) is 4.79 Å². The van der Waals surface area contributed by atoms with Crippen molar-refractivity contribution in [2.24, 2.45) is 0 Å². The molecular formula is C9H6Cl2F2O. The average Bonchev–Trinajstić information content (AvgIpc) is 2.02. The van der Waals surface area contributed by atoms with E-state index >= 15 is 0 Å². The summed E-state index contributed by atoms with van der Waals surface area (Å²) in [7, 11) is 0. The summed E-state index contributed by atoms with van der Waals surface area (Å²) in [6, 6.07) is 6.15. The SMILES string of the molecule is O=C(Cc1cccc(Cl)c1)C(F)(F)Cl. The number of rotatable bonds is 3. The van der Waals surface area contributed by atoms with Gasteiger partial charge in [0.15, 0.2) is 0 Å². The van der Waals surface area contributed by atoms with Crippen LogP contribution in [-0.4, -0.2) is 11.2 Å². The molecule has 0 unspecified atom stereocenters. The number of hydrogen-bond acceptors (Lipinski definition) is 1. The van der Waals surface area contributed by atoms with Crippen molar-refractivity contribution >= 4 is 29.0 Å². The summed E-state index contributed by atoms with van der Waals surface area (Å²) < 4.78 is 24.6. The van der Waals surface area contributed by atoms with Crippen molar-refractivity contribution in [3.05, 3.63) is 34.9 Å². The Bertz CT molecular complexity index is 347. The smallest absolute Gasteiger partial charge is 0.291 e. The second kappa shape index (κ2) is 4.24. The van der Waals surface area contributed by atoms with Gasteiger partial charge in [-0.05, 0) is 29.3 Å². The summed E-state index contributed by atoms with van der Waals surface area (Å²) in [4.78, 5) is 10.8. The summed E-state index contributed by atoms with van der Waals surface area (Å²) in [5.41, 5.74) is 0.419. The van der Waals surface area contributed by atoms with Gasteiger partial charge < -0.3 is 0 Å². The lowest BCUT2D eigenvalue weighted by Gasteiger charge is -2.06. The molecule has 0 radical (unpaired) electrons. The van der Waals surface area contributed by atoms with E-state index < -0.39 is 17.6 Å². The molecule has 0 aliphatic heterocycles. The molecule has 0 spiro atoms. The molecule has 0 amide bonds. The second-order valence-electron chi connectivity index (χ2n) is 2.73. The molecule has 5 heteroatoms. The number of carbonyl (C=O) groups is 1. The lowest BCUT2D eigenvalue weighted by molar-refractivity contribution is -0.132. The number of benzene rings is 1. The first-order valence-corrected chi connectivity index (χ1v) is 4.49. The maximum atomic E-state index is 12.3. The number of halogens is 4. The minimum atomic E-state index is -3.80. The Hall–Kier alpha value is -0.670. The zero-order valence-corrected chi connectivity index (χ0v) is 8.45. The van der Waals surface area contributed by atoms with E-state index in [2.05, 4.69) is 11.6 Å². The number of Topliss-reactive ketones (excluding diaryl/α,β-unsaturated/α-hetero) is 1. The minimum Gasteiger partial charge on any atom is -0.291 e. The summed E-state index contributed by atoms with van der Waals surface area (Å²) >= 11 is 10.2. The Morgan fingerprint density at radius 1 is 1.43 bits per heavy atom. The average molecular weight is 239 g/mol. The third-order valence-electron chi connectivity index (χ3n) is 1.57. The van der Waals surface area contributed by atoms with Gasteiger partial charge in [-0.15, -0.1) is 0 Å². The van der Waals surface area contributed by atoms with Crippen LogP contribution in [0.15, 0.2) is 24.3 Å². The first-order chi connectivity index (χ1) is 6.39. The highest BCUT2D eigenvalue weighted by Crippen LogP contribution is 2.22. The number of alkyl halides is 3. The summed E-state index contributed by atoms with van der Waals surface area (Å²) in [6.45, 7) is 0. The molecule has 14 heavy (non-hydrogen) atoms. The topological polar surface area (TPSA) is 17.1 Å². The van der Waals surface area contributed by atoms with Crippen LogP contribution in [0.2, 0.25) is 5.02 Å². The van der Waals surface area contributed by atoms with E-state index in [1.54, 1.807) is 12.1 Å². The zero-order chi connectivity index (χ0) is 10.8. The summed E-state index contributed by atoms with van der Waals surface area (Å²) in [5, 5.41) is -3.41. The molecule has 0 aliphatic rings. The van der Waals surface area contributed by atoms with Gasteiger partial charge >= 0.3 is 5.38 Å². The standard InChI is InChI=1S/C9H6Cl2F2O/c10-7-3-1-2-6(4-7)5-8(14)9(11,12)13/h1-4H,5H2. The Morgan fingerprint density at radius 3 is 2.57 bits per heavy atom. The van der Waals surface area contributed by atoms with Crippen molar-refractivity contribution in [3.63, 3.8) is 0 Å². The van der Waals surface area contributed by atoms with E-state index in [1.807, 2.05) is 0 Å². The molecule has 0 aromatic heterocycles. The van der Waals surface area contributed by atoms with E-state index in [0.29, 0.717) is 10.6 Å². The predicted molar refractivity (Wildman–Crippen MR) is 51.0 cm³/mol. The summed E-state index contributed by atoms with van der Waals surface area (Å²) in [5.74, 6) is -1.33. The van der Waals surface area contributed by atoms with Crippen molar-refractivity contribution in [2.45, 2.75) is 11.8 Å². The van der Waals surface area contributed by atoms with Gasteiger partial charge in [0.2, 0.25) is 5.78 Å². The van der Waals surface area contributed by atoms with Gasteiger partial charge in [0.25, 0.3) is 0 Å². The van der Waals surface area contributed by atoms with Crippen LogP contribution in [0.4, 0.5) is 8.78 Å². The Morgan fingerprint density at radius 2 is 2.07 bits per heavy atom. The third-order valence-corrected chi connectivity index (χ3v) is 2.02. The number of carbonyl (C=O) groups excluding carboxylic acids is 1. The first kappa shape index (κ1) is 11.4. The maximum absolute atomic E-state index is 12.3. The monoisotopic (exact) mass is 238 g/mol. The van der Waals surface area contributed by atoms with Crippen molar-refractivity contribution < 1.29 is 13.6 Å². The van der Waals surface area contributed by atoms with Crippen molar-refractivity contribution in [1.29, 1.82) is 0 Å². The molecule has 0 heterocycles. The molecule has 1 nitrogen and oxygen atoms in total. The molecule has 0 saturated carbocycles. The molecule has 0 bridgehead atoms. The normalized spacial score (nSPS) is 11.4. The summed E-state index contributed by atoms with van der Waals surface area (Å²) in [6.07, 6.45) is -0.420. The van der Waals surface area contributed by atoms with Gasteiger partial charge in [-0.25, -0.2) is 0 Å². The van der Waals surface area contributed by atoms with E-state index in [4.69, 9.17) is 11.6 Å². The molecule has 1 aromatic rings. The highest BCUT2D eigenvalue weighted by atomic mass is 35.5. The highest BCUT2D eigenvalue weighted by molar-refractivity contribution is 6.32. The number of ketones is 1. The molecule has 0 aliphatic carbocycles. The Labute approximate surface area is 89.6 Å². The molecule has 0 N–H and O–H groups in total. The van der Waals surface area contributed by atoms with E-state index in [1.165, 1.54) is 12.1 Å². The molecule has 0 saturated heterocycles. The molecule has 76 valence electrons. The van der Waals surface area contributed by atoms with Gasteiger partial charge in [-0.1, -0.05) is 23.7 Å². The van der Waals surface area contributed by atoms with Crippen LogP contribution in [0.3, 0.4) is 0 Å². The van der Waals surface area contributed by atoms with Gasteiger partial charge in [0, 0.05) is 11.4 Å². The fourth-order valence-corrected chi connectivity index (χ4v) is 1.21. The second-order valence-corrected chi connectivity index (χ2v) is 3.64. The Balaban J connectivity index is 2.75. The van der Waals surface area contributed by atoms with Gasteiger partial charge in [-0.2, -0.15) is 8.78 Å². The minimum absolute atomic E-state index is 0.396. The third kappa shape index (κ3) is 3.24. The lowest BCUT2D eigenvalue weighted by Crippen LogP contribution is -2.23.